The minimum Gasteiger partial charge on any atom is -0.107 e. The van der Waals surface area contributed by atoms with E-state index in [1.807, 2.05) is 0 Å². The number of rotatable bonds is 7. The summed E-state index contributed by atoms with van der Waals surface area (Å²) in [5.74, 6) is 0. The molecule has 3 rings (SSSR count). The molecule has 136 valence electrons. The topological polar surface area (TPSA) is 0 Å². The van der Waals surface area contributed by atoms with E-state index >= 15 is 0 Å². The van der Waals surface area contributed by atoms with E-state index in [2.05, 4.69) is 110 Å². The van der Waals surface area contributed by atoms with Gasteiger partial charge in [-0.25, -0.2) is 0 Å². The second kappa shape index (κ2) is 10.6. The quantitative estimate of drug-likeness (QED) is 0.235. The van der Waals surface area contributed by atoms with Gasteiger partial charge in [-0.05, 0) is 0 Å². The van der Waals surface area contributed by atoms with Gasteiger partial charge in [0, 0.05) is 0 Å². The SMILES string of the molecule is CC/C=C\CC[PH](c1ccccc1)(c1ccccc1)c1ccccc1.I. The maximum Gasteiger partial charge on any atom is -0.107 e. The molecule has 2 heteroatoms. The maximum atomic E-state index is 2.36. The summed E-state index contributed by atoms with van der Waals surface area (Å²) in [6.07, 6.45) is 8.08. The summed E-state index contributed by atoms with van der Waals surface area (Å²) >= 11 is 0. The van der Waals surface area contributed by atoms with Crippen LogP contribution in [0, 0.1) is 0 Å². The van der Waals surface area contributed by atoms with Gasteiger partial charge in [-0.15, -0.1) is 24.0 Å². The molecule has 0 saturated carbocycles. The minimum atomic E-state index is -2.03. The fraction of sp³-hybridized carbons (Fsp3) is 0.167. The predicted octanol–water partition coefficient (Wildman–Crippen LogP) is 5.69. The van der Waals surface area contributed by atoms with Crippen LogP contribution in [-0.2, 0) is 0 Å². The van der Waals surface area contributed by atoms with Crippen molar-refractivity contribution in [3.63, 3.8) is 0 Å². The molecule has 0 aliphatic carbocycles. The molecule has 0 unspecified atom stereocenters. The van der Waals surface area contributed by atoms with Gasteiger partial charge in [0.05, 0.1) is 0 Å². The molecule has 0 N–H and O–H groups in total. The number of hydrogen-bond acceptors (Lipinski definition) is 0. The molecule has 0 heterocycles. The predicted molar refractivity (Wildman–Crippen MR) is 131 cm³/mol. The zero-order valence-electron chi connectivity index (χ0n) is 15.3. The zero-order valence-corrected chi connectivity index (χ0v) is 18.7. The summed E-state index contributed by atoms with van der Waals surface area (Å²) in [5.41, 5.74) is 0. The molecule has 0 atom stereocenters. The Kier molecular flexibility index (Phi) is 8.54. The van der Waals surface area contributed by atoms with Gasteiger partial charge in [0.25, 0.3) is 0 Å². The van der Waals surface area contributed by atoms with Crippen LogP contribution >= 0.6 is 31.2 Å². The average Bonchev–Trinajstić information content (AvgIpc) is 2.70. The van der Waals surface area contributed by atoms with Gasteiger partial charge < -0.3 is 0 Å². The average molecular weight is 474 g/mol. The van der Waals surface area contributed by atoms with Crippen molar-refractivity contribution in [1.29, 1.82) is 0 Å². The Hall–Kier alpha value is -1.44. The maximum absolute atomic E-state index is 2.36. The van der Waals surface area contributed by atoms with Gasteiger partial charge in [0.15, 0.2) is 0 Å². The fourth-order valence-electron chi connectivity index (χ4n) is 3.69. The Bertz CT molecular complexity index is 686. The normalized spacial score (nSPS) is 11.9. The third-order valence-electron chi connectivity index (χ3n) is 4.89. The molecule has 0 spiro atoms. The van der Waals surface area contributed by atoms with Crippen molar-refractivity contribution in [3.8, 4) is 0 Å². The van der Waals surface area contributed by atoms with E-state index < -0.39 is 7.26 Å². The summed E-state index contributed by atoms with van der Waals surface area (Å²) in [6, 6.07) is 33.4. The largest absolute Gasteiger partial charge is 0.107 e. The first-order valence-corrected chi connectivity index (χ1v) is 11.4. The van der Waals surface area contributed by atoms with Crippen LogP contribution in [0.1, 0.15) is 19.8 Å². The summed E-state index contributed by atoms with van der Waals surface area (Å²) in [4.78, 5) is 0. The Balaban J connectivity index is 0.00000243. The molecule has 0 aliphatic rings. The fourth-order valence-corrected chi connectivity index (χ4v) is 8.44. The Labute approximate surface area is 175 Å². The molecule has 0 amide bonds. The van der Waals surface area contributed by atoms with Crippen molar-refractivity contribution >= 4 is 47.2 Å². The summed E-state index contributed by atoms with van der Waals surface area (Å²) in [6.45, 7) is 2.20. The Morgan fingerprint density at radius 3 is 1.35 bits per heavy atom. The first kappa shape index (κ1) is 20.9. The number of hydrogen-bond donors (Lipinski definition) is 0. The van der Waals surface area contributed by atoms with Crippen LogP contribution in [0.15, 0.2) is 103 Å². The number of benzene rings is 3. The van der Waals surface area contributed by atoms with Gasteiger partial charge >= 0.3 is 152 Å². The standard InChI is InChI=1S/C24H27P.HI/c1-2-3-4-14-21-25(22-15-8-5-9-16-22,23-17-10-6-11-18-23)24-19-12-7-13-20-24;/h3-13,15-20,25H,2,14,21H2,1H3;1H/b4-3-;. The van der Waals surface area contributed by atoms with Gasteiger partial charge in [-0.1, -0.05) is 0 Å². The van der Waals surface area contributed by atoms with Crippen LogP contribution in [0.3, 0.4) is 0 Å². The summed E-state index contributed by atoms with van der Waals surface area (Å²) < 4.78 is 0. The van der Waals surface area contributed by atoms with Gasteiger partial charge in [0.2, 0.25) is 0 Å². The van der Waals surface area contributed by atoms with Gasteiger partial charge in [-0.3, -0.25) is 0 Å². The summed E-state index contributed by atoms with van der Waals surface area (Å²) in [5, 5.41) is 4.49. The molecule has 0 aliphatic heterocycles. The smallest absolute Gasteiger partial charge is 0.107 e. The van der Waals surface area contributed by atoms with E-state index in [1.165, 1.54) is 22.1 Å². The molecule has 0 nitrogen and oxygen atoms in total. The number of halogens is 1. The second-order valence-electron chi connectivity index (χ2n) is 6.42. The molecule has 3 aromatic carbocycles. The van der Waals surface area contributed by atoms with Crippen molar-refractivity contribution in [2.75, 3.05) is 6.16 Å². The van der Waals surface area contributed by atoms with Crippen molar-refractivity contribution in [3.05, 3.63) is 103 Å². The molecule has 0 aromatic heterocycles. The van der Waals surface area contributed by atoms with E-state index in [0.717, 1.165) is 12.8 Å². The monoisotopic (exact) mass is 474 g/mol. The van der Waals surface area contributed by atoms with Crippen LogP contribution < -0.4 is 15.9 Å². The third-order valence-corrected chi connectivity index (χ3v) is 9.88. The second-order valence-corrected chi connectivity index (χ2v) is 10.5. The van der Waals surface area contributed by atoms with E-state index in [-0.39, 0.29) is 24.0 Å². The van der Waals surface area contributed by atoms with E-state index in [4.69, 9.17) is 0 Å². The molecule has 26 heavy (non-hydrogen) atoms. The van der Waals surface area contributed by atoms with Crippen molar-refractivity contribution in [1.82, 2.24) is 0 Å². The zero-order chi connectivity index (χ0) is 17.4. The van der Waals surface area contributed by atoms with Crippen LogP contribution in [0.5, 0.6) is 0 Å². The van der Waals surface area contributed by atoms with Crippen LogP contribution in [0.2, 0.25) is 0 Å². The van der Waals surface area contributed by atoms with E-state index in [9.17, 15) is 0 Å². The van der Waals surface area contributed by atoms with Crippen molar-refractivity contribution in [2.45, 2.75) is 19.8 Å². The van der Waals surface area contributed by atoms with Crippen LogP contribution in [-0.4, -0.2) is 6.16 Å². The van der Waals surface area contributed by atoms with Gasteiger partial charge in [-0.2, -0.15) is 0 Å². The van der Waals surface area contributed by atoms with Crippen molar-refractivity contribution < 1.29 is 0 Å². The molecular weight excluding hydrogens is 446 g/mol. The first-order valence-electron chi connectivity index (χ1n) is 9.19. The first-order chi connectivity index (χ1) is 12.4. The van der Waals surface area contributed by atoms with Crippen LogP contribution in [0.25, 0.3) is 0 Å². The Morgan fingerprint density at radius 2 is 1.00 bits per heavy atom. The molecule has 0 fully saturated rings. The third kappa shape index (κ3) is 4.64. The van der Waals surface area contributed by atoms with Crippen LogP contribution in [0.4, 0.5) is 0 Å². The number of allylic oxidation sites excluding steroid dienone is 2. The van der Waals surface area contributed by atoms with Gasteiger partial charge in [0.1, 0.15) is 0 Å². The molecule has 0 saturated heterocycles. The Morgan fingerprint density at radius 1 is 0.615 bits per heavy atom. The van der Waals surface area contributed by atoms with E-state index in [0.29, 0.717) is 0 Å². The minimum absolute atomic E-state index is 0. The molecule has 0 bridgehead atoms. The summed E-state index contributed by atoms with van der Waals surface area (Å²) in [7, 11) is -2.03. The van der Waals surface area contributed by atoms with Crippen molar-refractivity contribution in [2.24, 2.45) is 0 Å². The molecule has 3 aromatic rings. The van der Waals surface area contributed by atoms with E-state index in [1.54, 1.807) is 0 Å². The molecule has 0 radical (unpaired) electrons. The molecular formula is C24H28IP.